The molecule has 14 heteroatoms. The van der Waals surface area contributed by atoms with E-state index in [0.29, 0.717) is 22.5 Å². The number of hydrogen-bond acceptors (Lipinski definition) is 10. The number of benzene rings is 1. The largest absolute Gasteiger partial charge is 0.497 e. The second kappa shape index (κ2) is 13.2. The normalized spacial score (nSPS) is 18.5. The van der Waals surface area contributed by atoms with E-state index in [1.807, 2.05) is 18.2 Å². The third kappa shape index (κ3) is 7.63. The number of nitrogens with one attached hydrogen (secondary N) is 2. The lowest BCUT2D eigenvalue weighted by atomic mass is 10.0. The average Bonchev–Trinajstić information content (AvgIpc) is 3.40. The second-order valence-corrected chi connectivity index (χ2v) is 11.5. The lowest BCUT2D eigenvalue weighted by molar-refractivity contribution is -0.123. The fourth-order valence-corrected chi connectivity index (χ4v) is 4.81. The van der Waals surface area contributed by atoms with Crippen molar-refractivity contribution in [1.82, 2.24) is 25.1 Å². The van der Waals surface area contributed by atoms with Gasteiger partial charge in [0.25, 0.3) is 5.56 Å². The van der Waals surface area contributed by atoms with Gasteiger partial charge in [-0.15, -0.1) is 0 Å². The van der Waals surface area contributed by atoms with Crippen LogP contribution in [0.3, 0.4) is 0 Å². The molecule has 2 N–H and O–H groups in total. The van der Waals surface area contributed by atoms with Crippen LogP contribution in [0, 0.1) is 0 Å². The Kier molecular flexibility index (Phi) is 9.11. The first-order valence-electron chi connectivity index (χ1n) is 14.4. The summed E-state index contributed by atoms with van der Waals surface area (Å²) >= 11 is 0. The number of carbonyl (C=O) groups is 3. The maximum absolute atomic E-state index is 13.5. The van der Waals surface area contributed by atoms with Crippen molar-refractivity contribution in [2.75, 3.05) is 20.2 Å². The fraction of sp³-hybridized carbons (Fsp3) is 0.387. The molecule has 2 aromatic rings. The Morgan fingerprint density at radius 3 is 2.76 bits per heavy atom. The minimum atomic E-state index is -1.24. The van der Waals surface area contributed by atoms with Gasteiger partial charge < -0.3 is 38.9 Å². The van der Waals surface area contributed by atoms with E-state index in [0.717, 1.165) is 24.6 Å². The maximum Gasteiger partial charge on any atom is 0.417 e. The van der Waals surface area contributed by atoms with Gasteiger partial charge in [-0.05, 0) is 51.3 Å². The van der Waals surface area contributed by atoms with E-state index >= 15 is 0 Å². The van der Waals surface area contributed by atoms with Crippen LogP contribution in [0.25, 0.3) is 11.0 Å². The van der Waals surface area contributed by atoms with Gasteiger partial charge in [0.2, 0.25) is 11.8 Å². The monoisotopic (exact) mass is 621 g/mol. The van der Waals surface area contributed by atoms with Crippen molar-refractivity contribution in [3.63, 3.8) is 0 Å². The first-order valence-corrected chi connectivity index (χ1v) is 14.4. The number of carbonyl (C=O) groups excluding carboxylic acids is 3. The topological polar surface area (TPSA) is 160 Å². The third-order valence-corrected chi connectivity index (χ3v) is 6.96. The summed E-state index contributed by atoms with van der Waals surface area (Å²) in [5, 5.41) is 5.28. The minimum absolute atomic E-state index is 0.0684. The predicted octanol–water partition coefficient (Wildman–Crippen LogP) is 3.20. The van der Waals surface area contributed by atoms with E-state index in [2.05, 4.69) is 15.6 Å². The Bertz CT molecular complexity index is 1670. The third-order valence-electron chi connectivity index (χ3n) is 6.96. The first-order chi connectivity index (χ1) is 21.5. The molecule has 238 valence electrons. The molecule has 1 fully saturated rings. The van der Waals surface area contributed by atoms with Crippen LogP contribution in [0.4, 0.5) is 9.59 Å². The highest BCUT2D eigenvalue weighted by molar-refractivity contribution is 5.86. The zero-order valence-corrected chi connectivity index (χ0v) is 25.4. The summed E-state index contributed by atoms with van der Waals surface area (Å²) in [6, 6.07) is 3.75. The van der Waals surface area contributed by atoms with Gasteiger partial charge >= 0.3 is 12.2 Å². The Morgan fingerprint density at radius 1 is 1.20 bits per heavy atom. The summed E-state index contributed by atoms with van der Waals surface area (Å²) in [5.41, 5.74) is 0.502. The second-order valence-electron chi connectivity index (χ2n) is 11.5. The summed E-state index contributed by atoms with van der Waals surface area (Å²) in [7, 11) is 1.49. The molecule has 45 heavy (non-hydrogen) atoms. The Morgan fingerprint density at radius 2 is 2.02 bits per heavy atom. The molecule has 5 rings (SSSR count). The first kappa shape index (κ1) is 31.2. The molecular formula is C31H35N5O9. The van der Waals surface area contributed by atoms with Gasteiger partial charge in [-0.3, -0.25) is 9.59 Å². The van der Waals surface area contributed by atoms with Gasteiger partial charge in [0.15, 0.2) is 12.0 Å². The zero-order valence-electron chi connectivity index (χ0n) is 25.4. The van der Waals surface area contributed by atoms with E-state index in [1.54, 1.807) is 39.0 Å². The van der Waals surface area contributed by atoms with Crippen molar-refractivity contribution in [3.8, 4) is 5.75 Å². The SMILES string of the molecule is COc1ccc2ncc(=O)n(C[C@@H](NC(=O)OC(C)(C)C)C(=O)NC[C@@H]3CN(C4=COC=C(C5=CC=CCC5)O4)C(=O)O3)c2c1. The molecule has 2 atom stereocenters. The number of cyclic esters (lactones) is 1. The summed E-state index contributed by atoms with van der Waals surface area (Å²) in [6.45, 7) is 4.80. The maximum atomic E-state index is 13.5. The van der Waals surface area contributed by atoms with Gasteiger partial charge in [0.1, 0.15) is 29.8 Å². The highest BCUT2D eigenvalue weighted by atomic mass is 16.6. The number of fused-ring (bicyclic) bond motifs is 1. The quantitative estimate of drug-likeness (QED) is 0.426. The van der Waals surface area contributed by atoms with Crippen LogP contribution < -0.4 is 20.9 Å². The van der Waals surface area contributed by atoms with E-state index in [9.17, 15) is 19.2 Å². The van der Waals surface area contributed by atoms with Gasteiger partial charge in [-0.2, -0.15) is 0 Å². The molecule has 14 nitrogen and oxygen atoms in total. The molecule has 1 aromatic heterocycles. The van der Waals surface area contributed by atoms with Crippen LogP contribution >= 0.6 is 0 Å². The van der Waals surface area contributed by atoms with Crippen LogP contribution in [0.15, 0.2) is 77.2 Å². The Labute approximate surface area is 258 Å². The van der Waals surface area contributed by atoms with Crippen molar-refractivity contribution >= 4 is 29.1 Å². The van der Waals surface area contributed by atoms with Crippen molar-refractivity contribution in [2.45, 2.75) is 57.9 Å². The molecule has 1 aliphatic carbocycles. The molecular weight excluding hydrogens is 586 g/mol. The molecule has 1 aromatic carbocycles. The van der Waals surface area contributed by atoms with Crippen LogP contribution in [-0.4, -0.2) is 70.5 Å². The van der Waals surface area contributed by atoms with Gasteiger partial charge in [-0.25, -0.2) is 19.5 Å². The predicted molar refractivity (Wildman–Crippen MR) is 160 cm³/mol. The van der Waals surface area contributed by atoms with Crippen molar-refractivity contribution in [1.29, 1.82) is 0 Å². The summed E-state index contributed by atoms with van der Waals surface area (Å²) in [6.07, 6.45) is 9.18. The number of allylic oxidation sites excluding steroid dienone is 4. The molecule has 3 aliphatic rings. The molecule has 0 saturated carbocycles. The molecule has 3 amide bonds. The van der Waals surface area contributed by atoms with Gasteiger partial charge in [0.05, 0.1) is 44.0 Å². The number of nitrogens with zero attached hydrogens (tertiary/aromatic N) is 3. The van der Waals surface area contributed by atoms with Crippen molar-refractivity contribution < 1.29 is 38.1 Å². The van der Waals surface area contributed by atoms with Crippen LogP contribution in [0.1, 0.15) is 33.6 Å². The minimum Gasteiger partial charge on any atom is -0.497 e. The highest BCUT2D eigenvalue weighted by Crippen LogP contribution is 2.29. The van der Waals surface area contributed by atoms with E-state index in [-0.39, 0.29) is 25.5 Å². The average molecular weight is 622 g/mol. The molecule has 0 spiro atoms. The van der Waals surface area contributed by atoms with Crippen LogP contribution in [-0.2, 0) is 30.3 Å². The van der Waals surface area contributed by atoms with E-state index in [1.165, 1.54) is 29.1 Å². The number of methoxy groups -OCH3 is 1. The smallest absolute Gasteiger partial charge is 0.417 e. The Balaban J connectivity index is 1.28. The van der Waals surface area contributed by atoms with Crippen LogP contribution in [0.5, 0.6) is 5.75 Å². The van der Waals surface area contributed by atoms with Crippen LogP contribution in [0.2, 0.25) is 0 Å². The standard InChI is InChI=1S/C31H35N5O9/c1-31(2,3)45-29(39)34-23(16-35-24-12-20(41-4)10-11-22(24)32-14-26(35)37)28(38)33-13-21-15-36(30(40)43-21)27-18-42-17-25(44-27)19-8-6-5-7-9-19/h5-6,8,10-12,14,17-18,21,23H,7,9,13,15-16H2,1-4H3,(H,33,38)(H,34,39)/t21-,23-/m1/s1. The molecule has 0 unspecified atom stereocenters. The number of ether oxygens (including phenoxy) is 5. The van der Waals surface area contributed by atoms with E-state index < -0.39 is 41.4 Å². The summed E-state index contributed by atoms with van der Waals surface area (Å²) in [5.74, 6) is 0.503. The number of alkyl carbamates (subject to hydrolysis) is 1. The van der Waals surface area contributed by atoms with Gasteiger partial charge in [-0.1, -0.05) is 18.2 Å². The fourth-order valence-electron chi connectivity index (χ4n) is 4.81. The lowest BCUT2D eigenvalue weighted by Gasteiger charge is -2.24. The van der Waals surface area contributed by atoms with Gasteiger partial charge in [0, 0.05) is 6.07 Å². The van der Waals surface area contributed by atoms with Crippen molar-refractivity contribution in [2.24, 2.45) is 0 Å². The Hall–Kier alpha value is -5.27. The number of amides is 3. The molecule has 0 bridgehead atoms. The number of rotatable bonds is 9. The summed E-state index contributed by atoms with van der Waals surface area (Å²) < 4.78 is 28.8. The molecule has 2 aliphatic heterocycles. The zero-order chi connectivity index (χ0) is 32.1. The number of aromatic nitrogens is 2. The highest BCUT2D eigenvalue weighted by Gasteiger charge is 2.37. The summed E-state index contributed by atoms with van der Waals surface area (Å²) in [4.78, 5) is 57.3. The molecule has 1 saturated heterocycles. The molecule has 3 heterocycles. The number of hydrogen-bond donors (Lipinski definition) is 2. The molecule has 0 radical (unpaired) electrons. The van der Waals surface area contributed by atoms with Crippen molar-refractivity contribution in [3.05, 3.63) is 82.7 Å². The van der Waals surface area contributed by atoms with E-state index in [4.69, 9.17) is 23.7 Å². The lowest BCUT2D eigenvalue weighted by Crippen LogP contribution is -2.52.